The van der Waals surface area contributed by atoms with Crippen LogP contribution < -0.4 is 0 Å². The number of hydrogen-bond donors (Lipinski definition) is 0. The molecule has 0 radical (unpaired) electrons. The molecule has 0 aliphatic rings. The number of nitrogens with zero attached hydrogens (tertiary/aromatic N) is 1. The lowest BCUT2D eigenvalue weighted by molar-refractivity contribution is 0.669. The minimum absolute atomic E-state index is 0.921. The third-order valence-corrected chi connectivity index (χ3v) is 5.79. The molecule has 6 aromatic rings. The Balaban J connectivity index is 1.92. The Morgan fingerprint density at radius 1 is 0.630 bits per heavy atom. The smallest absolute Gasteiger partial charge is 0.137 e. The predicted molar refractivity (Wildman–Crippen MR) is 116 cm³/mol. The number of furan rings is 1. The molecule has 0 aliphatic carbocycles. The van der Waals surface area contributed by atoms with Gasteiger partial charge in [0.1, 0.15) is 11.2 Å². The van der Waals surface area contributed by atoms with Crippen molar-refractivity contribution in [1.29, 1.82) is 0 Å². The molecule has 0 bridgehead atoms. The molecular formula is C24H14BrNO. The number of halogens is 1. The second-order valence-corrected chi connectivity index (χ2v) is 7.68. The molecule has 0 unspecified atom stereocenters. The molecule has 0 saturated heterocycles. The third kappa shape index (κ3) is 2.06. The number of fused-ring (bicyclic) bond motifs is 7. The van der Waals surface area contributed by atoms with E-state index >= 15 is 0 Å². The molecule has 4 aromatic carbocycles. The molecule has 0 aliphatic heterocycles. The molecule has 2 nitrogen and oxygen atoms in total. The highest BCUT2D eigenvalue weighted by molar-refractivity contribution is 9.10. The summed E-state index contributed by atoms with van der Waals surface area (Å²) in [6.07, 6.45) is 0. The van der Waals surface area contributed by atoms with Crippen LogP contribution in [0.5, 0.6) is 0 Å². The molecule has 2 aromatic heterocycles. The van der Waals surface area contributed by atoms with Gasteiger partial charge in [0.2, 0.25) is 0 Å². The van der Waals surface area contributed by atoms with E-state index in [-0.39, 0.29) is 0 Å². The van der Waals surface area contributed by atoms with Crippen molar-refractivity contribution in [3.63, 3.8) is 0 Å². The average Bonchev–Trinajstić information content (AvgIpc) is 3.24. The first kappa shape index (κ1) is 15.1. The van der Waals surface area contributed by atoms with Crippen molar-refractivity contribution >= 4 is 59.7 Å². The van der Waals surface area contributed by atoms with E-state index in [9.17, 15) is 0 Å². The summed E-state index contributed by atoms with van der Waals surface area (Å²) in [5.74, 6) is 0. The number of aromatic nitrogens is 1. The minimum atomic E-state index is 0.921. The predicted octanol–water partition coefficient (Wildman–Crippen LogP) is 7.45. The molecule has 0 fully saturated rings. The van der Waals surface area contributed by atoms with Crippen LogP contribution in [0.1, 0.15) is 0 Å². The molecule has 6 rings (SSSR count). The lowest BCUT2D eigenvalue weighted by Crippen LogP contribution is -1.93. The first-order valence-corrected chi connectivity index (χ1v) is 9.70. The summed E-state index contributed by atoms with van der Waals surface area (Å²) in [7, 11) is 0. The molecular weight excluding hydrogens is 398 g/mol. The number of rotatable bonds is 1. The van der Waals surface area contributed by atoms with Crippen LogP contribution in [0.2, 0.25) is 0 Å². The summed E-state index contributed by atoms with van der Waals surface area (Å²) in [5.41, 5.74) is 5.38. The lowest BCUT2D eigenvalue weighted by Gasteiger charge is -2.08. The van der Waals surface area contributed by atoms with Gasteiger partial charge in [-0.2, -0.15) is 0 Å². The average molecular weight is 412 g/mol. The van der Waals surface area contributed by atoms with Gasteiger partial charge >= 0.3 is 0 Å². The van der Waals surface area contributed by atoms with Crippen molar-refractivity contribution in [3.8, 4) is 5.69 Å². The second kappa shape index (κ2) is 5.48. The highest BCUT2D eigenvalue weighted by Gasteiger charge is 2.18. The summed E-state index contributed by atoms with van der Waals surface area (Å²) in [5, 5.41) is 4.82. The Kier molecular flexibility index (Phi) is 3.06. The third-order valence-electron chi connectivity index (χ3n) is 5.26. The van der Waals surface area contributed by atoms with Crippen molar-refractivity contribution in [3.05, 3.63) is 89.4 Å². The first-order chi connectivity index (χ1) is 13.3. The largest absolute Gasteiger partial charge is 0.456 e. The first-order valence-electron chi connectivity index (χ1n) is 8.90. The van der Waals surface area contributed by atoms with E-state index in [0.29, 0.717) is 0 Å². The van der Waals surface area contributed by atoms with E-state index in [0.717, 1.165) is 26.7 Å². The second-order valence-electron chi connectivity index (χ2n) is 6.76. The van der Waals surface area contributed by atoms with Crippen molar-refractivity contribution < 1.29 is 4.42 Å². The van der Waals surface area contributed by atoms with Crippen molar-refractivity contribution in [2.75, 3.05) is 0 Å². The van der Waals surface area contributed by atoms with Crippen LogP contribution in [0.4, 0.5) is 0 Å². The van der Waals surface area contributed by atoms with Crippen LogP contribution in [-0.4, -0.2) is 4.57 Å². The van der Waals surface area contributed by atoms with Crippen LogP contribution >= 0.6 is 15.9 Å². The molecule has 0 atom stereocenters. The molecule has 27 heavy (non-hydrogen) atoms. The van der Waals surface area contributed by atoms with E-state index in [1.165, 1.54) is 27.2 Å². The Bertz CT molecular complexity index is 1470. The van der Waals surface area contributed by atoms with Crippen LogP contribution in [0.15, 0.2) is 93.8 Å². The highest BCUT2D eigenvalue weighted by Crippen LogP contribution is 2.40. The fourth-order valence-corrected chi connectivity index (χ4v) is 4.39. The normalized spacial score (nSPS) is 11.9. The van der Waals surface area contributed by atoms with Gasteiger partial charge < -0.3 is 8.98 Å². The van der Waals surface area contributed by atoms with E-state index in [1.807, 2.05) is 12.1 Å². The molecule has 0 N–H and O–H groups in total. The van der Waals surface area contributed by atoms with Gasteiger partial charge in [0, 0.05) is 26.3 Å². The molecule has 128 valence electrons. The zero-order valence-corrected chi connectivity index (χ0v) is 15.9. The molecule has 2 heterocycles. The van der Waals surface area contributed by atoms with Gasteiger partial charge in [-0.15, -0.1) is 0 Å². The van der Waals surface area contributed by atoms with Gasteiger partial charge in [0.05, 0.1) is 16.4 Å². The van der Waals surface area contributed by atoms with E-state index in [1.54, 1.807) is 0 Å². The van der Waals surface area contributed by atoms with Crippen LogP contribution in [0.25, 0.3) is 49.4 Å². The monoisotopic (exact) mass is 411 g/mol. The van der Waals surface area contributed by atoms with Crippen molar-refractivity contribution in [2.24, 2.45) is 0 Å². The topological polar surface area (TPSA) is 18.1 Å². The molecule has 3 heteroatoms. The Hall–Kier alpha value is -3.04. The molecule has 0 spiro atoms. The quantitative estimate of drug-likeness (QED) is 0.274. The number of benzene rings is 4. The van der Waals surface area contributed by atoms with Gasteiger partial charge in [-0.3, -0.25) is 0 Å². The highest BCUT2D eigenvalue weighted by atomic mass is 79.9. The van der Waals surface area contributed by atoms with E-state index < -0.39 is 0 Å². The molecule has 0 amide bonds. The van der Waals surface area contributed by atoms with Gasteiger partial charge in [0.15, 0.2) is 0 Å². The van der Waals surface area contributed by atoms with Gasteiger partial charge in [-0.1, -0.05) is 52.3 Å². The van der Waals surface area contributed by atoms with Crippen molar-refractivity contribution in [2.45, 2.75) is 0 Å². The van der Waals surface area contributed by atoms with Crippen LogP contribution in [0.3, 0.4) is 0 Å². The maximum atomic E-state index is 6.15. The summed E-state index contributed by atoms with van der Waals surface area (Å²) in [4.78, 5) is 0. The SMILES string of the molecule is Brc1ccc(-n2c3ccccc3c3ccc4oc5ccccc5c4c32)cc1. The van der Waals surface area contributed by atoms with E-state index in [2.05, 4.69) is 93.3 Å². The summed E-state index contributed by atoms with van der Waals surface area (Å²) < 4.78 is 9.57. The minimum Gasteiger partial charge on any atom is -0.456 e. The summed E-state index contributed by atoms with van der Waals surface area (Å²) in [6.45, 7) is 0. The standard InChI is InChI=1S/C24H14BrNO/c25-15-9-11-16(12-10-15)26-20-7-3-1-5-17(20)18-13-14-22-23(24(18)26)19-6-2-4-8-21(19)27-22/h1-14H. The Labute approximate surface area is 163 Å². The maximum absolute atomic E-state index is 6.15. The Morgan fingerprint density at radius 2 is 1.37 bits per heavy atom. The van der Waals surface area contributed by atoms with Crippen molar-refractivity contribution in [1.82, 2.24) is 4.57 Å². The van der Waals surface area contributed by atoms with Crippen LogP contribution in [-0.2, 0) is 0 Å². The zero-order chi connectivity index (χ0) is 18.0. The number of para-hydroxylation sites is 2. The van der Waals surface area contributed by atoms with Gasteiger partial charge in [0.25, 0.3) is 0 Å². The fraction of sp³-hybridized carbons (Fsp3) is 0. The van der Waals surface area contributed by atoms with Gasteiger partial charge in [-0.05, 0) is 48.5 Å². The summed E-state index contributed by atoms with van der Waals surface area (Å²) in [6, 6.07) is 29.6. The fourth-order valence-electron chi connectivity index (χ4n) is 4.12. The lowest BCUT2D eigenvalue weighted by atomic mass is 10.1. The number of hydrogen-bond acceptors (Lipinski definition) is 1. The van der Waals surface area contributed by atoms with E-state index in [4.69, 9.17) is 4.42 Å². The summed E-state index contributed by atoms with van der Waals surface area (Å²) >= 11 is 3.55. The van der Waals surface area contributed by atoms with Gasteiger partial charge in [-0.25, -0.2) is 0 Å². The van der Waals surface area contributed by atoms with Crippen LogP contribution in [0, 0.1) is 0 Å². The molecule has 0 saturated carbocycles. The Morgan fingerprint density at radius 3 is 2.22 bits per heavy atom. The maximum Gasteiger partial charge on any atom is 0.137 e. The zero-order valence-electron chi connectivity index (χ0n) is 14.3.